The van der Waals surface area contributed by atoms with E-state index < -0.39 is 0 Å². The molecule has 0 N–H and O–H groups in total. The van der Waals surface area contributed by atoms with Gasteiger partial charge in [0.15, 0.2) is 0 Å². The molecule has 0 bridgehead atoms. The predicted octanol–water partition coefficient (Wildman–Crippen LogP) is 7.48. The van der Waals surface area contributed by atoms with Crippen molar-refractivity contribution >= 4 is 9.52 Å². The Morgan fingerprint density at radius 2 is 1.47 bits per heavy atom. The van der Waals surface area contributed by atoms with E-state index in [2.05, 4.69) is 103 Å². The van der Waals surface area contributed by atoms with Crippen LogP contribution < -0.4 is 0 Å². The largest absolute Gasteiger partial charge is 2.00 e. The summed E-state index contributed by atoms with van der Waals surface area (Å²) in [5.74, 6) is 0. The Kier molecular flexibility index (Phi) is 10.4. The average molecular weight is 493 g/mol. The third kappa shape index (κ3) is 7.31. The maximum absolute atomic E-state index is 3.53. The molecule has 0 fully saturated rings. The summed E-state index contributed by atoms with van der Waals surface area (Å²) in [7, 11) is 0.750. The van der Waals surface area contributed by atoms with Gasteiger partial charge in [-0.2, -0.15) is 35.4 Å². The normalized spacial score (nSPS) is 13.3. The fourth-order valence-corrected chi connectivity index (χ4v) is 3.32. The molecule has 4 rings (SSSR count). The van der Waals surface area contributed by atoms with Crippen LogP contribution in [0.3, 0.4) is 0 Å². The molecule has 0 aliphatic heterocycles. The average Bonchev–Trinajstić information content (AvgIpc) is 3.31. The van der Waals surface area contributed by atoms with Gasteiger partial charge in [0.05, 0.1) is 0 Å². The molecule has 0 atom stereocenters. The summed E-state index contributed by atoms with van der Waals surface area (Å²) in [4.78, 5) is 0. The quantitative estimate of drug-likeness (QED) is 0.225. The summed E-state index contributed by atoms with van der Waals surface area (Å²) < 4.78 is 0. The van der Waals surface area contributed by atoms with Gasteiger partial charge in [-0.15, -0.1) is 12.0 Å². The van der Waals surface area contributed by atoms with Crippen molar-refractivity contribution in [2.24, 2.45) is 0 Å². The minimum Gasteiger partial charge on any atom is -0.273 e. The number of allylic oxidation sites excluding steroid dienone is 4. The Morgan fingerprint density at radius 3 is 1.93 bits per heavy atom. The van der Waals surface area contributed by atoms with Crippen molar-refractivity contribution in [2.75, 3.05) is 0 Å². The van der Waals surface area contributed by atoms with E-state index in [0.29, 0.717) is 0 Å². The van der Waals surface area contributed by atoms with Crippen molar-refractivity contribution in [2.45, 2.75) is 78.3 Å². The van der Waals surface area contributed by atoms with E-state index in [9.17, 15) is 0 Å². The van der Waals surface area contributed by atoms with E-state index in [1.54, 1.807) is 0 Å². The zero-order chi connectivity index (χ0) is 21.7. The molecule has 0 saturated heterocycles. The van der Waals surface area contributed by atoms with E-state index >= 15 is 0 Å². The van der Waals surface area contributed by atoms with Gasteiger partial charge in [0.1, 0.15) is 0 Å². The molecular weight excluding hydrogens is 456 g/mol. The summed E-state index contributed by atoms with van der Waals surface area (Å²) in [6, 6.07) is 15.1. The third-order valence-electron chi connectivity index (χ3n) is 5.11. The maximum atomic E-state index is 3.53. The molecule has 2 aromatic rings. The minimum atomic E-state index is 0. The second kappa shape index (κ2) is 11.6. The molecule has 2 aromatic carbocycles. The van der Waals surface area contributed by atoms with Gasteiger partial charge in [-0.25, -0.2) is 12.2 Å². The van der Waals surface area contributed by atoms with Gasteiger partial charge in [-0.3, -0.25) is 6.08 Å². The number of rotatable bonds is 0. The molecule has 0 unspecified atom stereocenters. The molecule has 157 valence electrons. The van der Waals surface area contributed by atoms with Crippen LogP contribution in [0.2, 0.25) is 13.1 Å². The first-order valence-electron chi connectivity index (χ1n) is 10.7. The minimum absolute atomic E-state index is 0. The molecule has 0 amide bonds. The molecule has 2 aliphatic rings. The van der Waals surface area contributed by atoms with Crippen LogP contribution in [-0.2, 0) is 43.5 Å². The van der Waals surface area contributed by atoms with Crippen LogP contribution in [0.1, 0.15) is 70.2 Å². The summed E-state index contributed by atoms with van der Waals surface area (Å²) >= 11 is 0. The second-order valence-corrected chi connectivity index (χ2v) is 11.1. The van der Waals surface area contributed by atoms with Crippen molar-refractivity contribution in [3.8, 4) is 11.1 Å². The van der Waals surface area contributed by atoms with Gasteiger partial charge in [-0.1, -0.05) is 89.4 Å². The van der Waals surface area contributed by atoms with Gasteiger partial charge in [-0.05, 0) is 17.4 Å². The maximum Gasteiger partial charge on any atom is 2.00 e. The van der Waals surface area contributed by atoms with Gasteiger partial charge >= 0.3 is 26.2 Å². The van der Waals surface area contributed by atoms with Crippen LogP contribution in [0.5, 0.6) is 0 Å². The molecule has 0 spiro atoms. The van der Waals surface area contributed by atoms with Crippen molar-refractivity contribution in [1.29, 1.82) is 0 Å². The van der Waals surface area contributed by atoms with E-state index in [1.807, 2.05) is 12.2 Å². The Labute approximate surface area is 207 Å². The van der Waals surface area contributed by atoms with Crippen molar-refractivity contribution in [3.63, 3.8) is 0 Å². The van der Waals surface area contributed by atoms with Gasteiger partial charge in [0.2, 0.25) is 0 Å². The number of benzene rings is 2. The molecule has 2 heteroatoms. The second-order valence-electron chi connectivity index (χ2n) is 9.91. The van der Waals surface area contributed by atoms with Crippen molar-refractivity contribution < 1.29 is 26.2 Å². The van der Waals surface area contributed by atoms with Crippen molar-refractivity contribution in [3.05, 3.63) is 83.0 Å². The zero-order valence-electron chi connectivity index (χ0n) is 20.1. The smallest absolute Gasteiger partial charge is 0.273 e. The Bertz CT molecular complexity index is 805. The summed E-state index contributed by atoms with van der Waals surface area (Å²) in [6.45, 7) is 18.1. The summed E-state index contributed by atoms with van der Waals surface area (Å²) in [5, 5.41) is 0. The first-order chi connectivity index (χ1) is 13.6. The Hall–Kier alpha value is -0.980. The molecular formula is C28H37SiZr. The van der Waals surface area contributed by atoms with Crippen LogP contribution in [0.4, 0.5) is 0 Å². The monoisotopic (exact) mass is 491 g/mol. The molecule has 2 aliphatic carbocycles. The molecule has 0 heterocycles. The van der Waals surface area contributed by atoms with E-state index in [4.69, 9.17) is 0 Å². The first kappa shape index (κ1) is 27.1. The summed E-state index contributed by atoms with van der Waals surface area (Å²) in [6.07, 6.45) is 11.0. The van der Waals surface area contributed by atoms with Gasteiger partial charge < -0.3 is 0 Å². The Morgan fingerprint density at radius 1 is 0.867 bits per heavy atom. The predicted molar refractivity (Wildman–Crippen MR) is 131 cm³/mol. The summed E-state index contributed by atoms with van der Waals surface area (Å²) in [5.41, 5.74) is 8.76. The fourth-order valence-electron chi connectivity index (χ4n) is 3.32. The number of hydrogen-bond acceptors (Lipinski definition) is 0. The standard InChI is InChI=1S/C21H25.C5H5.C2H7Si.Zr/c1-20(2,3)16-9-7-14-11-15-8-10-17(21(4,5)6)13-19(15)18(14)12-16;1-2-4-5-3-1;1-3-2;/h7,9-10,12-13H,11H2,1-6H3;1-3H,4H2;3H,1-2H3;/q2*-1;;+2. The molecule has 1 radical (unpaired) electrons. The fraction of sp³-hybridized carbons (Fsp3) is 0.429. The first-order valence-corrected chi connectivity index (χ1v) is 13.0. The van der Waals surface area contributed by atoms with Crippen LogP contribution in [0, 0.1) is 12.1 Å². The molecule has 0 aromatic heterocycles. The van der Waals surface area contributed by atoms with Crippen molar-refractivity contribution in [1.82, 2.24) is 0 Å². The topological polar surface area (TPSA) is 0 Å². The van der Waals surface area contributed by atoms with E-state index in [1.165, 1.54) is 33.4 Å². The van der Waals surface area contributed by atoms with Gasteiger partial charge in [0.25, 0.3) is 0 Å². The Balaban J connectivity index is 0.000000424. The zero-order valence-corrected chi connectivity index (χ0v) is 23.7. The number of hydrogen-bond donors (Lipinski definition) is 0. The SMILES string of the molecule is CC(C)(C)c1c[c-]c2c(c1)-c1cc(C(C)(C)C)ccc1C2.C[SiH]C.[C-]1=CC=CC1.[Zr+2]. The van der Waals surface area contributed by atoms with Gasteiger partial charge in [0, 0.05) is 9.52 Å². The number of fused-ring (bicyclic) bond motifs is 3. The van der Waals surface area contributed by atoms with E-state index in [0.717, 1.165) is 22.4 Å². The molecule has 30 heavy (non-hydrogen) atoms. The van der Waals surface area contributed by atoms with Crippen LogP contribution >= 0.6 is 0 Å². The van der Waals surface area contributed by atoms with Crippen LogP contribution in [0.25, 0.3) is 11.1 Å². The van der Waals surface area contributed by atoms with Crippen LogP contribution in [-0.4, -0.2) is 9.52 Å². The van der Waals surface area contributed by atoms with Crippen LogP contribution in [0.15, 0.2) is 48.6 Å². The van der Waals surface area contributed by atoms with E-state index in [-0.39, 0.29) is 37.0 Å². The third-order valence-corrected chi connectivity index (χ3v) is 5.11. The molecule has 0 nitrogen and oxygen atoms in total. The molecule has 0 saturated carbocycles.